The van der Waals surface area contributed by atoms with E-state index in [1.807, 2.05) is 38.1 Å². The molecule has 2 N–H and O–H groups in total. The molecule has 0 fully saturated rings. The summed E-state index contributed by atoms with van der Waals surface area (Å²) in [5.41, 5.74) is 1.85. The molecule has 0 heterocycles. The second-order valence-corrected chi connectivity index (χ2v) is 5.50. The molecule has 0 saturated carbocycles. The van der Waals surface area contributed by atoms with E-state index in [2.05, 4.69) is 11.6 Å². The summed E-state index contributed by atoms with van der Waals surface area (Å²) in [6.45, 7) is 3.92. The zero-order chi connectivity index (χ0) is 13.5. The van der Waals surface area contributed by atoms with Crippen LogP contribution in [0.1, 0.15) is 29.8 Å². The molecule has 4 heteroatoms. The molecular weight excluding hydrogens is 246 g/mol. The average molecular weight is 267 g/mol. The van der Waals surface area contributed by atoms with Crippen molar-refractivity contribution in [3.05, 3.63) is 35.4 Å². The van der Waals surface area contributed by atoms with Crippen LogP contribution in [0.25, 0.3) is 0 Å². The standard InChI is InChI=1S/C14H21NO2S/c1-10(2)13(8-16)15-14(17)12-6-4-11(5-7-12)9-18-3/h4-7,10,13,16H,8-9H2,1-3H3,(H,15,17). The van der Waals surface area contributed by atoms with Gasteiger partial charge in [-0.15, -0.1) is 0 Å². The van der Waals surface area contributed by atoms with Crippen molar-refractivity contribution in [3.63, 3.8) is 0 Å². The topological polar surface area (TPSA) is 49.3 Å². The molecule has 18 heavy (non-hydrogen) atoms. The normalized spacial score (nSPS) is 12.5. The van der Waals surface area contributed by atoms with Crippen molar-refractivity contribution in [1.29, 1.82) is 0 Å². The maximum atomic E-state index is 12.0. The smallest absolute Gasteiger partial charge is 0.251 e. The van der Waals surface area contributed by atoms with Crippen molar-refractivity contribution < 1.29 is 9.90 Å². The molecule has 0 saturated heterocycles. The Morgan fingerprint density at radius 2 is 1.94 bits per heavy atom. The van der Waals surface area contributed by atoms with E-state index in [0.717, 1.165) is 5.75 Å². The van der Waals surface area contributed by atoms with Crippen molar-refractivity contribution in [1.82, 2.24) is 5.32 Å². The molecule has 3 nitrogen and oxygen atoms in total. The number of nitrogens with one attached hydrogen (secondary N) is 1. The highest BCUT2D eigenvalue weighted by atomic mass is 32.2. The van der Waals surface area contributed by atoms with E-state index in [-0.39, 0.29) is 24.5 Å². The fraction of sp³-hybridized carbons (Fsp3) is 0.500. The third-order valence-corrected chi connectivity index (χ3v) is 3.47. The predicted molar refractivity (Wildman–Crippen MR) is 76.8 cm³/mol. The van der Waals surface area contributed by atoms with E-state index in [0.29, 0.717) is 5.56 Å². The SMILES string of the molecule is CSCc1ccc(C(=O)NC(CO)C(C)C)cc1. The number of aliphatic hydroxyl groups is 1. The molecule has 1 aromatic carbocycles. The van der Waals surface area contributed by atoms with Crippen molar-refractivity contribution in [2.45, 2.75) is 25.6 Å². The monoisotopic (exact) mass is 267 g/mol. The van der Waals surface area contributed by atoms with Crippen LogP contribution in [-0.4, -0.2) is 29.9 Å². The third kappa shape index (κ3) is 4.35. The first-order chi connectivity index (χ1) is 8.58. The molecule has 0 bridgehead atoms. The molecule has 1 atom stereocenters. The molecular formula is C14H21NO2S. The molecule has 0 spiro atoms. The molecule has 1 amide bonds. The van der Waals surface area contributed by atoms with Gasteiger partial charge in [0.05, 0.1) is 12.6 Å². The molecule has 1 aromatic rings. The van der Waals surface area contributed by atoms with Gasteiger partial charge in [0.15, 0.2) is 0 Å². The van der Waals surface area contributed by atoms with E-state index in [9.17, 15) is 9.90 Å². The number of hydrogen-bond acceptors (Lipinski definition) is 3. The fourth-order valence-corrected chi connectivity index (χ4v) is 2.12. The number of thioether (sulfide) groups is 1. The van der Waals surface area contributed by atoms with Crippen LogP contribution >= 0.6 is 11.8 Å². The Kier molecular flexibility index (Phi) is 6.22. The summed E-state index contributed by atoms with van der Waals surface area (Å²) in [6, 6.07) is 7.40. The molecule has 0 aromatic heterocycles. The quantitative estimate of drug-likeness (QED) is 0.831. The van der Waals surface area contributed by atoms with Gasteiger partial charge >= 0.3 is 0 Å². The van der Waals surface area contributed by atoms with Gasteiger partial charge < -0.3 is 10.4 Å². The summed E-state index contributed by atoms with van der Waals surface area (Å²) in [7, 11) is 0. The number of carbonyl (C=O) groups excluding carboxylic acids is 1. The molecule has 0 aliphatic carbocycles. The number of amides is 1. The van der Waals surface area contributed by atoms with Crippen molar-refractivity contribution >= 4 is 17.7 Å². The number of aliphatic hydroxyl groups excluding tert-OH is 1. The molecule has 0 aliphatic rings. The zero-order valence-electron chi connectivity index (χ0n) is 11.1. The lowest BCUT2D eigenvalue weighted by molar-refractivity contribution is 0.0897. The molecule has 0 aliphatic heterocycles. The summed E-state index contributed by atoms with van der Waals surface area (Å²) < 4.78 is 0. The van der Waals surface area contributed by atoms with Gasteiger partial charge in [-0.2, -0.15) is 11.8 Å². The van der Waals surface area contributed by atoms with Gasteiger partial charge in [-0.1, -0.05) is 26.0 Å². The second-order valence-electron chi connectivity index (χ2n) is 4.64. The van der Waals surface area contributed by atoms with Gasteiger partial charge in [0.2, 0.25) is 0 Å². The Balaban J connectivity index is 2.66. The van der Waals surface area contributed by atoms with Gasteiger partial charge in [-0.25, -0.2) is 0 Å². The Labute approximate surface area is 113 Å². The first-order valence-corrected chi connectivity index (χ1v) is 7.47. The molecule has 100 valence electrons. The van der Waals surface area contributed by atoms with E-state index >= 15 is 0 Å². The highest BCUT2D eigenvalue weighted by Gasteiger charge is 2.15. The van der Waals surface area contributed by atoms with Crippen LogP contribution in [0.2, 0.25) is 0 Å². The second kappa shape index (κ2) is 7.44. The lowest BCUT2D eigenvalue weighted by atomic mass is 10.0. The zero-order valence-corrected chi connectivity index (χ0v) is 12.0. The number of carbonyl (C=O) groups is 1. The van der Waals surface area contributed by atoms with E-state index in [1.165, 1.54) is 5.56 Å². The van der Waals surface area contributed by atoms with E-state index < -0.39 is 0 Å². The lowest BCUT2D eigenvalue weighted by Crippen LogP contribution is -2.41. The average Bonchev–Trinajstić information content (AvgIpc) is 2.36. The highest BCUT2D eigenvalue weighted by molar-refractivity contribution is 7.97. The first-order valence-electron chi connectivity index (χ1n) is 6.08. The first kappa shape index (κ1) is 15.1. The van der Waals surface area contributed by atoms with Crippen LogP contribution < -0.4 is 5.32 Å². The van der Waals surface area contributed by atoms with Gasteiger partial charge in [0.25, 0.3) is 5.91 Å². The lowest BCUT2D eigenvalue weighted by Gasteiger charge is -2.19. The van der Waals surface area contributed by atoms with E-state index in [4.69, 9.17) is 0 Å². The highest BCUT2D eigenvalue weighted by Crippen LogP contribution is 2.11. The fourth-order valence-electron chi connectivity index (χ4n) is 1.59. The van der Waals surface area contributed by atoms with Crippen LogP contribution in [0.5, 0.6) is 0 Å². The molecule has 1 unspecified atom stereocenters. The predicted octanol–water partition coefficient (Wildman–Crippen LogP) is 2.30. The molecule has 1 rings (SSSR count). The largest absolute Gasteiger partial charge is 0.394 e. The van der Waals surface area contributed by atoms with Crippen LogP contribution in [0.3, 0.4) is 0 Å². The number of hydrogen-bond donors (Lipinski definition) is 2. The van der Waals surface area contributed by atoms with Crippen LogP contribution in [0.15, 0.2) is 24.3 Å². The minimum absolute atomic E-state index is 0.0338. The Morgan fingerprint density at radius 3 is 2.39 bits per heavy atom. The van der Waals surface area contributed by atoms with Gasteiger partial charge in [-0.05, 0) is 29.9 Å². The van der Waals surface area contributed by atoms with Crippen LogP contribution in [0.4, 0.5) is 0 Å². The Bertz CT molecular complexity index is 376. The minimum atomic E-state index is -0.191. The minimum Gasteiger partial charge on any atom is -0.394 e. The van der Waals surface area contributed by atoms with Crippen LogP contribution in [-0.2, 0) is 5.75 Å². The number of benzene rings is 1. The maximum Gasteiger partial charge on any atom is 0.251 e. The van der Waals surface area contributed by atoms with Crippen molar-refractivity contribution in [3.8, 4) is 0 Å². The summed E-state index contributed by atoms with van der Waals surface area (Å²) >= 11 is 1.75. The van der Waals surface area contributed by atoms with Gasteiger partial charge in [-0.3, -0.25) is 4.79 Å². The summed E-state index contributed by atoms with van der Waals surface area (Å²) in [5, 5.41) is 12.0. The third-order valence-electron chi connectivity index (χ3n) is 2.85. The summed E-state index contributed by atoms with van der Waals surface area (Å²) in [6.07, 6.45) is 2.05. The summed E-state index contributed by atoms with van der Waals surface area (Å²) in [5.74, 6) is 1.04. The van der Waals surface area contributed by atoms with Crippen molar-refractivity contribution in [2.75, 3.05) is 12.9 Å². The van der Waals surface area contributed by atoms with Gasteiger partial charge in [0, 0.05) is 11.3 Å². The molecule has 0 radical (unpaired) electrons. The van der Waals surface area contributed by atoms with Crippen molar-refractivity contribution in [2.24, 2.45) is 5.92 Å². The number of rotatable bonds is 6. The van der Waals surface area contributed by atoms with Crippen LogP contribution in [0, 0.1) is 5.92 Å². The van der Waals surface area contributed by atoms with E-state index in [1.54, 1.807) is 11.8 Å². The Morgan fingerprint density at radius 1 is 1.33 bits per heavy atom. The maximum absolute atomic E-state index is 12.0. The van der Waals surface area contributed by atoms with Gasteiger partial charge in [0.1, 0.15) is 0 Å². The summed E-state index contributed by atoms with van der Waals surface area (Å²) in [4.78, 5) is 12.0. The Hall–Kier alpha value is -1.00.